The summed E-state index contributed by atoms with van der Waals surface area (Å²) in [7, 11) is -3.63. The Labute approximate surface area is 129 Å². The number of thiophene rings is 1. The minimum Gasteiger partial charge on any atom is -0.462 e. The molecule has 0 fully saturated rings. The highest BCUT2D eigenvalue weighted by molar-refractivity contribution is 7.91. The van der Waals surface area contributed by atoms with Crippen LogP contribution in [0.15, 0.2) is 4.21 Å². The molecule has 120 valence electrons. The van der Waals surface area contributed by atoms with Crippen LogP contribution in [-0.2, 0) is 21.2 Å². The van der Waals surface area contributed by atoms with Gasteiger partial charge in [-0.3, -0.25) is 0 Å². The summed E-state index contributed by atoms with van der Waals surface area (Å²) in [5.74, 6) is -0.566. The third-order valence-electron chi connectivity index (χ3n) is 3.11. The van der Waals surface area contributed by atoms with E-state index >= 15 is 0 Å². The highest BCUT2D eigenvalue weighted by Gasteiger charge is 2.32. The van der Waals surface area contributed by atoms with E-state index in [9.17, 15) is 13.2 Å². The number of hydrogen-bond donors (Lipinski definition) is 1. The minimum atomic E-state index is -3.63. The van der Waals surface area contributed by atoms with Crippen molar-refractivity contribution >= 4 is 32.3 Å². The molecule has 8 heteroatoms. The summed E-state index contributed by atoms with van der Waals surface area (Å²) < 4.78 is 31.8. The summed E-state index contributed by atoms with van der Waals surface area (Å²) in [6.07, 6.45) is 0.400. The van der Waals surface area contributed by atoms with Crippen LogP contribution in [0.3, 0.4) is 0 Å². The van der Waals surface area contributed by atoms with Crippen molar-refractivity contribution in [3.05, 3.63) is 11.1 Å². The fourth-order valence-electron chi connectivity index (χ4n) is 2.10. The molecular weight excluding hydrogens is 312 g/mol. The van der Waals surface area contributed by atoms with E-state index in [1.807, 2.05) is 0 Å². The Morgan fingerprint density at radius 1 is 1.24 bits per heavy atom. The molecule has 6 nitrogen and oxygen atoms in total. The second-order valence-electron chi connectivity index (χ2n) is 4.27. The van der Waals surface area contributed by atoms with Gasteiger partial charge in [-0.25, -0.2) is 13.2 Å². The van der Waals surface area contributed by atoms with E-state index in [1.165, 1.54) is 4.31 Å². The summed E-state index contributed by atoms with van der Waals surface area (Å²) in [5.41, 5.74) is 6.50. The SMILES string of the molecule is CCOC(=O)c1c(N)sc(S(=O)(=O)N(CC)CC)c1CC. The van der Waals surface area contributed by atoms with Crippen LogP contribution in [-0.4, -0.2) is 38.4 Å². The molecule has 0 saturated carbocycles. The zero-order valence-corrected chi connectivity index (χ0v) is 14.4. The van der Waals surface area contributed by atoms with Crippen LogP contribution in [0.2, 0.25) is 0 Å². The number of esters is 1. The number of rotatable bonds is 7. The molecule has 0 radical (unpaired) electrons. The molecule has 0 spiro atoms. The van der Waals surface area contributed by atoms with Gasteiger partial charge in [0.25, 0.3) is 10.0 Å². The molecular formula is C13H22N2O4S2. The fraction of sp³-hybridized carbons (Fsp3) is 0.615. The van der Waals surface area contributed by atoms with E-state index in [0.717, 1.165) is 11.3 Å². The molecule has 21 heavy (non-hydrogen) atoms. The first-order chi connectivity index (χ1) is 9.84. The number of nitrogen functional groups attached to an aromatic ring is 1. The predicted octanol–water partition coefficient (Wildman–Crippen LogP) is 2.10. The first kappa shape index (κ1) is 17.9. The number of carbonyl (C=O) groups excluding carboxylic acids is 1. The second kappa shape index (κ2) is 7.24. The maximum absolute atomic E-state index is 12.6. The Kier molecular flexibility index (Phi) is 6.18. The Hall–Kier alpha value is -1.12. The number of carbonyl (C=O) groups is 1. The van der Waals surface area contributed by atoms with Gasteiger partial charge in [0.1, 0.15) is 9.21 Å². The van der Waals surface area contributed by atoms with E-state index in [2.05, 4.69) is 0 Å². The third kappa shape index (κ3) is 3.38. The van der Waals surface area contributed by atoms with Crippen molar-refractivity contribution < 1.29 is 17.9 Å². The van der Waals surface area contributed by atoms with E-state index in [-0.39, 0.29) is 21.4 Å². The Morgan fingerprint density at radius 2 is 1.81 bits per heavy atom. The van der Waals surface area contributed by atoms with Gasteiger partial charge >= 0.3 is 5.97 Å². The van der Waals surface area contributed by atoms with E-state index in [4.69, 9.17) is 10.5 Å². The Bertz CT molecular complexity index is 604. The highest BCUT2D eigenvalue weighted by Crippen LogP contribution is 2.37. The summed E-state index contributed by atoms with van der Waals surface area (Å²) >= 11 is 0.933. The topological polar surface area (TPSA) is 89.7 Å². The number of hydrogen-bond acceptors (Lipinski definition) is 6. The molecule has 0 aromatic carbocycles. The van der Waals surface area contributed by atoms with E-state index < -0.39 is 16.0 Å². The normalized spacial score (nSPS) is 11.9. The maximum Gasteiger partial charge on any atom is 0.341 e. The quantitative estimate of drug-likeness (QED) is 0.771. The molecule has 0 unspecified atom stereocenters. The first-order valence-corrected chi connectivity index (χ1v) is 9.18. The summed E-state index contributed by atoms with van der Waals surface area (Å²) in [6.45, 7) is 8.00. The van der Waals surface area contributed by atoms with Crippen molar-refractivity contribution in [1.82, 2.24) is 4.31 Å². The standard InChI is InChI=1S/C13H22N2O4S2/c1-5-9-10(12(16)19-8-4)11(14)20-13(9)21(17,18)15(6-2)7-3/h5-8,14H2,1-4H3. The minimum absolute atomic E-state index is 0.147. The summed E-state index contributed by atoms with van der Waals surface area (Å²) in [5, 5.41) is 0.191. The summed E-state index contributed by atoms with van der Waals surface area (Å²) in [6, 6.07) is 0. The maximum atomic E-state index is 12.6. The van der Waals surface area contributed by atoms with Crippen molar-refractivity contribution in [3.8, 4) is 0 Å². The molecule has 0 saturated heterocycles. The lowest BCUT2D eigenvalue weighted by atomic mass is 10.1. The van der Waals surface area contributed by atoms with Crippen molar-refractivity contribution in [2.45, 2.75) is 38.3 Å². The lowest BCUT2D eigenvalue weighted by Crippen LogP contribution is -2.30. The van der Waals surface area contributed by atoms with Crippen LogP contribution in [0.4, 0.5) is 5.00 Å². The number of nitrogens with zero attached hydrogens (tertiary/aromatic N) is 1. The van der Waals surface area contributed by atoms with Crippen molar-refractivity contribution in [1.29, 1.82) is 0 Å². The van der Waals surface area contributed by atoms with Crippen LogP contribution >= 0.6 is 11.3 Å². The smallest absolute Gasteiger partial charge is 0.341 e. The molecule has 0 bridgehead atoms. The lowest BCUT2D eigenvalue weighted by Gasteiger charge is -2.18. The molecule has 2 N–H and O–H groups in total. The zero-order chi connectivity index (χ0) is 16.2. The lowest BCUT2D eigenvalue weighted by molar-refractivity contribution is 0.0527. The van der Waals surface area contributed by atoms with Gasteiger partial charge in [-0.1, -0.05) is 20.8 Å². The largest absolute Gasteiger partial charge is 0.462 e. The van der Waals surface area contributed by atoms with E-state index in [0.29, 0.717) is 25.1 Å². The average Bonchev–Trinajstić information content (AvgIpc) is 2.77. The molecule has 0 amide bonds. The molecule has 0 aliphatic rings. The molecule has 0 aliphatic heterocycles. The number of nitrogens with two attached hydrogens (primary N) is 1. The van der Waals surface area contributed by atoms with Crippen molar-refractivity contribution in [3.63, 3.8) is 0 Å². The van der Waals surface area contributed by atoms with Crippen LogP contribution in [0.1, 0.15) is 43.6 Å². The molecule has 0 atom stereocenters. The van der Waals surface area contributed by atoms with Gasteiger partial charge in [0.15, 0.2) is 0 Å². The monoisotopic (exact) mass is 334 g/mol. The van der Waals surface area contributed by atoms with Gasteiger partial charge in [0, 0.05) is 13.1 Å². The average molecular weight is 334 g/mol. The van der Waals surface area contributed by atoms with Crippen LogP contribution in [0.25, 0.3) is 0 Å². The number of ether oxygens (including phenoxy) is 1. The van der Waals surface area contributed by atoms with Crippen LogP contribution in [0, 0.1) is 0 Å². The fourth-order valence-corrected chi connectivity index (χ4v) is 5.46. The van der Waals surface area contributed by atoms with Gasteiger partial charge in [0.2, 0.25) is 0 Å². The molecule has 1 aromatic heterocycles. The third-order valence-corrected chi connectivity index (χ3v) is 6.76. The number of sulfonamides is 1. The van der Waals surface area contributed by atoms with Gasteiger partial charge in [-0.15, -0.1) is 11.3 Å². The zero-order valence-electron chi connectivity index (χ0n) is 12.8. The molecule has 1 aromatic rings. The molecule has 1 rings (SSSR count). The summed E-state index contributed by atoms with van der Waals surface area (Å²) in [4.78, 5) is 12.0. The number of anilines is 1. The molecule has 0 aliphatic carbocycles. The second-order valence-corrected chi connectivity index (χ2v) is 7.46. The van der Waals surface area contributed by atoms with Gasteiger partial charge in [0.05, 0.1) is 12.2 Å². The van der Waals surface area contributed by atoms with Crippen molar-refractivity contribution in [2.75, 3.05) is 25.4 Å². The van der Waals surface area contributed by atoms with E-state index in [1.54, 1.807) is 27.7 Å². The predicted molar refractivity (Wildman–Crippen MR) is 84.2 cm³/mol. The van der Waals surface area contributed by atoms with Gasteiger partial charge in [-0.05, 0) is 18.9 Å². The highest BCUT2D eigenvalue weighted by atomic mass is 32.2. The molecule has 1 heterocycles. The van der Waals surface area contributed by atoms with Crippen molar-refractivity contribution in [2.24, 2.45) is 0 Å². The Morgan fingerprint density at radius 3 is 2.24 bits per heavy atom. The Balaban J connectivity index is 3.46. The first-order valence-electron chi connectivity index (χ1n) is 6.93. The van der Waals surface area contributed by atoms with Gasteiger partial charge in [-0.2, -0.15) is 4.31 Å². The van der Waals surface area contributed by atoms with Crippen LogP contribution < -0.4 is 5.73 Å². The van der Waals surface area contributed by atoms with Crippen LogP contribution in [0.5, 0.6) is 0 Å². The van der Waals surface area contributed by atoms with Gasteiger partial charge < -0.3 is 10.5 Å².